The number of nitrogens with zero attached hydrogens (tertiary/aromatic N) is 4. The average molecular weight is 344 g/mol. The van der Waals surface area contributed by atoms with E-state index in [2.05, 4.69) is 31.5 Å². The maximum atomic E-state index is 5.87. The number of tetrazole rings is 1. The maximum Gasteiger partial charge on any atom is 0.187 e. The highest BCUT2D eigenvalue weighted by Crippen LogP contribution is 2.25. The molecule has 2 aromatic carbocycles. The Labute approximate surface area is 130 Å². The van der Waals surface area contributed by atoms with Crippen molar-refractivity contribution in [3.63, 3.8) is 0 Å². The molecule has 0 bridgehead atoms. The molecule has 0 fully saturated rings. The molecule has 0 aliphatic heterocycles. The molecule has 0 saturated heterocycles. The third-order valence-electron chi connectivity index (χ3n) is 3.27. The van der Waals surface area contributed by atoms with Crippen LogP contribution < -0.4 is 5.73 Å². The zero-order valence-electron chi connectivity index (χ0n) is 11.7. The summed E-state index contributed by atoms with van der Waals surface area (Å²) >= 11 is 3.50. The minimum absolute atomic E-state index is 0.690. The molecule has 21 heavy (non-hydrogen) atoms. The Morgan fingerprint density at radius 1 is 1.10 bits per heavy atom. The lowest BCUT2D eigenvalue weighted by molar-refractivity contribution is 0.790. The van der Waals surface area contributed by atoms with Crippen LogP contribution in [0.4, 0.5) is 5.69 Å². The van der Waals surface area contributed by atoms with Gasteiger partial charge in [0, 0.05) is 15.7 Å². The van der Waals surface area contributed by atoms with Crippen LogP contribution in [0.2, 0.25) is 0 Å². The van der Waals surface area contributed by atoms with Gasteiger partial charge in [0.15, 0.2) is 5.82 Å². The van der Waals surface area contributed by atoms with Gasteiger partial charge in [-0.25, -0.2) is 0 Å². The number of rotatable bonds is 2. The van der Waals surface area contributed by atoms with Crippen LogP contribution in [0.5, 0.6) is 0 Å². The number of halogens is 1. The van der Waals surface area contributed by atoms with E-state index in [-0.39, 0.29) is 0 Å². The van der Waals surface area contributed by atoms with Gasteiger partial charge in [-0.15, -0.1) is 5.10 Å². The Morgan fingerprint density at radius 2 is 1.90 bits per heavy atom. The van der Waals surface area contributed by atoms with Gasteiger partial charge in [0.05, 0.1) is 5.69 Å². The molecule has 0 aliphatic carbocycles. The number of aromatic nitrogens is 4. The second-order valence-electron chi connectivity index (χ2n) is 4.97. The fourth-order valence-corrected chi connectivity index (χ4v) is 2.79. The summed E-state index contributed by atoms with van der Waals surface area (Å²) in [4.78, 5) is 0. The predicted molar refractivity (Wildman–Crippen MR) is 86.2 cm³/mol. The fourth-order valence-electron chi connectivity index (χ4n) is 2.20. The number of aryl methyl sites for hydroxylation is 2. The van der Waals surface area contributed by atoms with E-state index in [4.69, 9.17) is 5.73 Å². The number of nitrogen functional groups attached to an aromatic ring is 1. The quantitative estimate of drug-likeness (QED) is 0.725. The number of hydrogen-bond acceptors (Lipinski definition) is 4. The van der Waals surface area contributed by atoms with E-state index < -0.39 is 0 Å². The molecule has 0 spiro atoms. The largest absolute Gasteiger partial charge is 0.399 e. The molecule has 0 unspecified atom stereocenters. The van der Waals surface area contributed by atoms with Crippen molar-refractivity contribution in [2.75, 3.05) is 5.73 Å². The summed E-state index contributed by atoms with van der Waals surface area (Å²) in [7, 11) is 0. The second-order valence-corrected chi connectivity index (χ2v) is 5.89. The zero-order valence-corrected chi connectivity index (χ0v) is 13.3. The molecule has 3 aromatic rings. The van der Waals surface area contributed by atoms with Crippen LogP contribution in [-0.4, -0.2) is 20.2 Å². The summed E-state index contributed by atoms with van der Waals surface area (Å²) < 4.78 is 2.72. The third-order valence-corrected chi connectivity index (χ3v) is 3.73. The van der Waals surface area contributed by atoms with Crippen molar-refractivity contribution in [1.82, 2.24) is 20.2 Å². The van der Waals surface area contributed by atoms with Crippen LogP contribution in [0.3, 0.4) is 0 Å². The lowest BCUT2D eigenvalue weighted by Gasteiger charge is -2.08. The van der Waals surface area contributed by atoms with Crippen LogP contribution in [0.15, 0.2) is 40.9 Å². The molecule has 1 heterocycles. The van der Waals surface area contributed by atoms with Crippen molar-refractivity contribution in [1.29, 1.82) is 0 Å². The SMILES string of the molecule is Cc1cc(Br)cc(-n2nnnc2-c2ccc(N)c(C)c2)c1. The van der Waals surface area contributed by atoms with Crippen molar-refractivity contribution >= 4 is 21.6 Å². The van der Waals surface area contributed by atoms with Crippen LogP contribution in [0, 0.1) is 13.8 Å². The first-order valence-electron chi connectivity index (χ1n) is 6.47. The van der Waals surface area contributed by atoms with E-state index in [9.17, 15) is 0 Å². The zero-order chi connectivity index (χ0) is 15.0. The Kier molecular flexibility index (Phi) is 3.47. The molecule has 0 aliphatic rings. The minimum Gasteiger partial charge on any atom is -0.399 e. The Morgan fingerprint density at radius 3 is 2.62 bits per heavy atom. The molecule has 3 rings (SSSR count). The first-order chi connectivity index (χ1) is 10.0. The van der Waals surface area contributed by atoms with Crippen molar-refractivity contribution in [3.8, 4) is 17.1 Å². The fraction of sp³-hybridized carbons (Fsp3) is 0.133. The first-order valence-corrected chi connectivity index (χ1v) is 7.26. The van der Waals surface area contributed by atoms with Gasteiger partial charge >= 0.3 is 0 Å². The summed E-state index contributed by atoms with van der Waals surface area (Å²) in [6.07, 6.45) is 0. The van der Waals surface area contributed by atoms with Gasteiger partial charge in [-0.1, -0.05) is 15.9 Å². The van der Waals surface area contributed by atoms with Gasteiger partial charge in [0.2, 0.25) is 0 Å². The Hall–Kier alpha value is -2.21. The van der Waals surface area contributed by atoms with Crippen LogP contribution in [0.1, 0.15) is 11.1 Å². The topological polar surface area (TPSA) is 69.6 Å². The smallest absolute Gasteiger partial charge is 0.187 e. The molecule has 0 saturated carbocycles. The molecular weight excluding hydrogens is 330 g/mol. The lowest BCUT2D eigenvalue weighted by Crippen LogP contribution is -2.01. The Balaban J connectivity index is 2.14. The van der Waals surface area contributed by atoms with E-state index in [1.54, 1.807) is 4.68 Å². The summed E-state index contributed by atoms with van der Waals surface area (Å²) in [6.45, 7) is 4.00. The van der Waals surface area contributed by atoms with Crippen molar-refractivity contribution in [2.45, 2.75) is 13.8 Å². The van der Waals surface area contributed by atoms with Gasteiger partial charge in [-0.2, -0.15) is 4.68 Å². The van der Waals surface area contributed by atoms with Crippen molar-refractivity contribution in [3.05, 3.63) is 52.0 Å². The van der Waals surface area contributed by atoms with Crippen LogP contribution >= 0.6 is 15.9 Å². The van der Waals surface area contributed by atoms with Gasteiger partial charge in [0.1, 0.15) is 0 Å². The summed E-state index contributed by atoms with van der Waals surface area (Å²) in [5.74, 6) is 0.690. The number of anilines is 1. The van der Waals surface area contributed by atoms with E-state index in [0.29, 0.717) is 5.82 Å². The molecule has 0 amide bonds. The molecule has 6 heteroatoms. The highest BCUT2D eigenvalue weighted by Gasteiger charge is 2.12. The molecule has 5 nitrogen and oxygen atoms in total. The van der Waals surface area contributed by atoms with E-state index >= 15 is 0 Å². The van der Waals surface area contributed by atoms with Crippen LogP contribution in [-0.2, 0) is 0 Å². The minimum atomic E-state index is 0.690. The molecular formula is C15H14BrN5. The van der Waals surface area contributed by atoms with E-state index in [1.165, 1.54) is 0 Å². The van der Waals surface area contributed by atoms with Crippen LogP contribution in [0.25, 0.3) is 17.1 Å². The molecule has 2 N–H and O–H groups in total. The molecule has 0 radical (unpaired) electrons. The third kappa shape index (κ3) is 2.67. The standard InChI is InChI=1S/C15H14BrN5/c1-9-5-12(16)8-13(6-9)21-15(18-19-20-21)11-3-4-14(17)10(2)7-11/h3-8H,17H2,1-2H3. The van der Waals surface area contributed by atoms with E-state index in [0.717, 1.165) is 32.5 Å². The maximum absolute atomic E-state index is 5.87. The van der Waals surface area contributed by atoms with Gasteiger partial charge in [-0.3, -0.25) is 0 Å². The van der Waals surface area contributed by atoms with Crippen molar-refractivity contribution in [2.24, 2.45) is 0 Å². The predicted octanol–water partition coefficient (Wildman–Crippen LogP) is 3.29. The number of nitrogens with two attached hydrogens (primary N) is 1. The number of hydrogen-bond donors (Lipinski definition) is 1. The molecule has 0 atom stereocenters. The Bertz CT molecular complexity index is 789. The van der Waals surface area contributed by atoms with Crippen molar-refractivity contribution < 1.29 is 0 Å². The van der Waals surface area contributed by atoms with Gasteiger partial charge in [0.25, 0.3) is 0 Å². The normalized spacial score (nSPS) is 10.8. The summed E-state index contributed by atoms with van der Waals surface area (Å²) in [5.41, 5.74) is 10.6. The average Bonchev–Trinajstić information content (AvgIpc) is 2.90. The molecule has 1 aromatic heterocycles. The van der Waals surface area contributed by atoms with Gasteiger partial charge in [-0.05, 0) is 71.8 Å². The highest BCUT2D eigenvalue weighted by molar-refractivity contribution is 9.10. The summed E-state index contributed by atoms with van der Waals surface area (Å²) in [5, 5.41) is 12.0. The number of benzene rings is 2. The lowest BCUT2D eigenvalue weighted by atomic mass is 10.1. The second kappa shape index (κ2) is 5.29. The van der Waals surface area contributed by atoms with Gasteiger partial charge < -0.3 is 5.73 Å². The highest BCUT2D eigenvalue weighted by atomic mass is 79.9. The van der Waals surface area contributed by atoms with E-state index in [1.807, 2.05) is 50.2 Å². The monoisotopic (exact) mass is 343 g/mol. The molecule has 106 valence electrons. The first kappa shape index (κ1) is 13.8. The summed E-state index contributed by atoms with van der Waals surface area (Å²) in [6, 6.07) is 11.8.